The molecule has 0 saturated heterocycles. The smallest absolute Gasteiger partial charge is 0.397 e. The first-order valence-corrected chi connectivity index (χ1v) is 6.27. The number of rotatable bonds is 3. The Bertz CT molecular complexity index is 527. The molecule has 1 heterocycles. The number of hydroxylamine groups is 2. The monoisotopic (exact) mass is 276 g/mol. The molecule has 20 heavy (non-hydrogen) atoms. The van der Waals surface area contributed by atoms with E-state index in [4.69, 9.17) is 4.84 Å². The molecule has 1 unspecified atom stereocenters. The lowest BCUT2D eigenvalue weighted by Gasteiger charge is -2.17. The number of nitrogens with zero attached hydrogens (tertiary/aromatic N) is 1. The van der Waals surface area contributed by atoms with Crippen LogP contribution < -0.4 is 5.32 Å². The summed E-state index contributed by atoms with van der Waals surface area (Å²) in [5.74, 6) is -1.55. The van der Waals surface area contributed by atoms with Crippen LogP contribution >= 0.6 is 0 Å². The summed E-state index contributed by atoms with van der Waals surface area (Å²) >= 11 is 0. The molecule has 1 N–H and O–H groups in total. The third kappa shape index (κ3) is 3.16. The van der Waals surface area contributed by atoms with Crippen molar-refractivity contribution in [3.63, 3.8) is 0 Å². The molecule has 2 rings (SSSR count). The van der Waals surface area contributed by atoms with E-state index in [1.165, 1.54) is 0 Å². The van der Waals surface area contributed by atoms with Crippen molar-refractivity contribution >= 4 is 11.9 Å². The maximum Gasteiger partial charge on any atom is 0.397 e. The summed E-state index contributed by atoms with van der Waals surface area (Å²) in [6, 6.07) is 9.56. The molecule has 1 aromatic carbocycles. The minimum absolute atomic E-state index is 0.117. The van der Waals surface area contributed by atoms with E-state index in [0.29, 0.717) is 0 Å². The number of carbonyl (C=O) groups excluding carboxylic acids is 2. The first-order chi connectivity index (χ1) is 9.61. The van der Waals surface area contributed by atoms with Crippen LogP contribution in [-0.4, -0.2) is 30.6 Å². The zero-order chi connectivity index (χ0) is 14.5. The molecule has 0 radical (unpaired) electrons. The van der Waals surface area contributed by atoms with Gasteiger partial charge in [0.15, 0.2) is 0 Å². The van der Waals surface area contributed by atoms with Gasteiger partial charge in [-0.2, -0.15) is 0 Å². The van der Waals surface area contributed by atoms with E-state index in [-0.39, 0.29) is 18.5 Å². The van der Waals surface area contributed by atoms with Crippen molar-refractivity contribution in [2.45, 2.75) is 13.0 Å². The van der Waals surface area contributed by atoms with Gasteiger partial charge in [0.1, 0.15) is 0 Å². The third-order valence-corrected chi connectivity index (χ3v) is 2.78. The Labute approximate surface area is 116 Å². The number of benzene rings is 1. The number of amides is 1. The molecule has 0 spiro atoms. The van der Waals surface area contributed by atoms with E-state index >= 15 is 0 Å². The van der Waals surface area contributed by atoms with Crippen LogP contribution in [0.2, 0.25) is 0 Å². The quantitative estimate of drug-likeness (QED) is 0.662. The molecule has 6 nitrogen and oxygen atoms in total. The van der Waals surface area contributed by atoms with Crippen LogP contribution in [0.25, 0.3) is 0 Å². The van der Waals surface area contributed by atoms with Crippen LogP contribution in [0.15, 0.2) is 42.3 Å². The summed E-state index contributed by atoms with van der Waals surface area (Å²) in [5.41, 5.74) is 1.02. The van der Waals surface area contributed by atoms with Gasteiger partial charge in [-0.05, 0) is 12.5 Å². The van der Waals surface area contributed by atoms with Gasteiger partial charge in [-0.15, -0.1) is 5.06 Å². The topological polar surface area (TPSA) is 67.9 Å². The van der Waals surface area contributed by atoms with Crippen molar-refractivity contribution < 1.29 is 19.2 Å². The van der Waals surface area contributed by atoms with Gasteiger partial charge >= 0.3 is 11.9 Å². The number of ether oxygens (including phenoxy) is 1. The average Bonchev–Trinajstić information content (AvgIpc) is 2.80. The minimum Gasteiger partial charge on any atom is -0.459 e. The highest BCUT2D eigenvalue weighted by Gasteiger charge is 2.27. The second-order valence-electron chi connectivity index (χ2n) is 4.20. The van der Waals surface area contributed by atoms with E-state index in [9.17, 15) is 9.59 Å². The predicted molar refractivity (Wildman–Crippen MR) is 70.9 cm³/mol. The van der Waals surface area contributed by atoms with Gasteiger partial charge < -0.3 is 9.57 Å². The Morgan fingerprint density at radius 2 is 2.05 bits per heavy atom. The molecule has 0 fully saturated rings. The third-order valence-electron chi connectivity index (χ3n) is 2.78. The van der Waals surface area contributed by atoms with Gasteiger partial charge in [0, 0.05) is 13.1 Å². The molecule has 1 amide bonds. The van der Waals surface area contributed by atoms with E-state index in [1.807, 2.05) is 30.3 Å². The molecule has 0 aliphatic carbocycles. The van der Waals surface area contributed by atoms with Crippen LogP contribution in [0, 0.1) is 0 Å². The maximum absolute atomic E-state index is 11.5. The predicted octanol–water partition coefficient (Wildman–Crippen LogP) is 1.13. The first kappa shape index (κ1) is 14.1. The molecular weight excluding hydrogens is 260 g/mol. The molecule has 6 heteroatoms. The van der Waals surface area contributed by atoms with Gasteiger partial charge in [-0.25, -0.2) is 4.79 Å². The zero-order valence-electron chi connectivity index (χ0n) is 11.3. The lowest BCUT2D eigenvalue weighted by Crippen LogP contribution is -2.32. The van der Waals surface area contributed by atoms with Crippen molar-refractivity contribution in [1.82, 2.24) is 10.4 Å². The van der Waals surface area contributed by atoms with Crippen LogP contribution in [0.4, 0.5) is 0 Å². The molecule has 106 valence electrons. The molecule has 0 aromatic heterocycles. The van der Waals surface area contributed by atoms with Crippen LogP contribution in [-0.2, 0) is 19.2 Å². The zero-order valence-corrected chi connectivity index (χ0v) is 11.3. The molecule has 0 bridgehead atoms. The summed E-state index contributed by atoms with van der Waals surface area (Å²) < 4.78 is 4.60. The fourth-order valence-corrected chi connectivity index (χ4v) is 1.87. The maximum atomic E-state index is 11.5. The van der Waals surface area contributed by atoms with Crippen molar-refractivity contribution in [2.24, 2.45) is 0 Å². The Balaban J connectivity index is 2.04. The number of nitrogens with one attached hydrogen (secondary N) is 1. The van der Waals surface area contributed by atoms with E-state index in [1.54, 1.807) is 25.1 Å². The normalized spacial score (nSPS) is 18.1. The van der Waals surface area contributed by atoms with Crippen molar-refractivity contribution in [3.05, 3.63) is 47.9 Å². The second-order valence-corrected chi connectivity index (χ2v) is 4.20. The van der Waals surface area contributed by atoms with Crippen LogP contribution in [0.1, 0.15) is 18.5 Å². The highest BCUT2D eigenvalue weighted by Crippen LogP contribution is 2.28. The Morgan fingerprint density at radius 3 is 2.70 bits per heavy atom. The summed E-state index contributed by atoms with van der Waals surface area (Å²) in [4.78, 5) is 28.1. The largest absolute Gasteiger partial charge is 0.459 e. The first-order valence-electron chi connectivity index (χ1n) is 6.27. The number of hydrogen-bond donors (Lipinski definition) is 1. The SMILES string of the molecule is CCOC(=O)C(=O)NC1=CC(c2ccccc2)N(C)O1. The Kier molecular flexibility index (Phi) is 4.37. The standard InChI is InChI=1S/C14H16N2O4/c1-3-19-14(18)13(17)15-12-9-11(16(2)20-12)10-7-5-4-6-8-10/h4-9,11H,3H2,1-2H3,(H,15,17). The van der Waals surface area contributed by atoms with Gasteiger partial charge in [-0.3, -0.25) is 10.1 Å². The number of esters is 1. The minimum atomic E-state index is -0.928. The van der Waals surface area contributed by atoms with E-state index in [0.717, 1.165) is 5.56 Å². The molecular formula is C14H16N2O4. The molecule has 1 atom stereocenters. The van der Waals surface area contributed by atoms with Gasteiger partial charge in [0.2, 0.25) is 5.88 Å². The molecule has 1 aliphatic rings. The van der Waals surface area contributed by atoms with Gasteiger partial charge in [0.05, 0.1) is 12.6 Å². The van der Waals surface area contributed by atoms with Crippen molar-refractivity contribution in [1.29, 1.82) is 0 Å². The van der Waals surface area contributed by atoms with Gasteiger partial charge in [-0.1, -0.05) is 30.3 Å². The highest BCUT2D eigenvalue weighted by atomic mass is 16.7. The van der Waals surface area contributed by atoms with E-state index < -0.39 is 11.9 Å². The summed E-state index contributed by atoms with van der Waals surface area (Å²) in [6.45, 7) is 1.79. The lowest BCUT2D eigenvalue weighted by atomic mass is 10.1. The Hall–Kier alpha value is -2.34. The molecule has 1 aliphatic heterocycles. The summed E-state index contributed by atoms with van der Waals surface area (Å²) in [5, 5.41) is 3.97. The van der Waals surface area contributed by atoms with Crippen LogP contribution in [0.5, 0.6) is 0 Å². The number of hydrogen-bond acceptors (Lipinski definition) is 5. The number of likely N-dealkylation sites (N-methyl/N-ethyl adjacent to an activating group) is 1. The summed E-state index contributed by atoms with van der Waals surface area (Å²) in [6.07, 6.45) is 1.73. The fraction of sp³-hybridized carbons (Fsp3) is 0.286. The fourth-order valence-electron chi connectivity index (χ4n) is 1.87. The molecule has 0 saturated carbocycles. The second kappa shape index (κ2) is 6.21. The van der Waals surface area contributed by atoms with Crippen molar-refractivity contribution in [2.75, 3.05) is 13.7 Å². The van der Waals surface area contributed by atoms with Crippen LogP contribution in [0.3, 0.4) is 0 Å². The lowest BCUT2D eigenvalue weighted by molar-refractivity contribution is -0.156. The van der Waals surface area contributed by atoms with Gasteiger partial charge in [0.25, 0.3) is 0 Å². The van der Waals surface area contributed by atoms with Crippen molar-refractivity contribution in [3.8, 4) is 0 Å². The number of carbonyl (C=O) groups is 2. The highest BCUT2D eigenvalue weighted by molar-refractivity contribution is 6.32. The van der Waals surface area contributed by atoms with E-state index in [2.05, 4.69) is 10.1 Å². The molecule has 1 aromatic rings. The average molecular weight is 276 g/mol. The summed E-state index contributed by atoms with van der Waals surface area (Å²) in [7, 11) is 1.75. The Morgan fingerprint density at radius 1 is 1.35 bits per heavy atom.